The maximum atomic E-state index is 10.5. The Bertz CT molecular complexity index is 403. The number of piperazine rings is 1. The molecule has 1 aromatic heterocycles. The Morgan fingerprint density at radius 2 is 2.05 bits per heavy atom. The highest BCUT2D eigenvalue weighted by molar-refractivity contribution is 7.07. The van der Waals surface area contributed by atoms with Crippen LogP contribution in [0, 0.1) is 0 Å². The van der Waals surface area contributed by atoms with Crippen LogP contribution in [0.4, 0.5) is 0 Å². The molecule has 0 bridgehead atoms. The summed E-state index contributed by atoms with van der Waals surface area (Å²) in [6.07, 6.45) is 0.889. The van der Waals surface area contributed by atoms with Crippen molar-refractivity contribution in [1.29, 1.82) is 0 Å². The van der Waals surface area contributed by atoms with Crippen LogP contribution in [-0.4, -0.2) is 78.3 Å². The summed E-state index contributed by atoms with van der Waals surface area (Å²) >= 11 is 1.75. The predicted molar refractivity (Wildman–Crippen MR) is 83.1 cm³/mol. The predicted octanol–water partition coefficient (Wildman–Crippen LogP) is 0.931. The first kappa shape index (κ1) is 14.5. The zero-order chi connectivity index (χ0) is 13.9. The molecule has 20 heavy (non-hydrogen) atoms. The van der Waals surface area contributed by atoms with Crippen LogP contribution in [0.2, 0.25) is 0 Å². The van der Waals surface area contributed by atoms with Crippen molar-refractivity contribution in [2.24, 2.45) is 0 Å². The number of hydrogen-bond acceptors (Lipinski definition) is 5. The molecule has 2 fully saturated rings. The van der Waals surface area contributed by atoms with E-state index >= 15 is 0 Å². The maximum Gasteiger partial charge on any atom is 0.0822 e. The zero-order valence-corrected chi connectivity index (χ0v) is 13.1. The van der Waals surface area contributed by atoms with E-state index in [1.54, 1.807) is 11.3 Å². The van der Waals surface area contributed by atoms with E-state index in [9.17, 15) is 5.11 Å². The molecule has 0 aliphatic carbocycles. The Labute approximate surface area is 125 Å². The van der Waals surface area contributed by atoms with Crippen molar-refractivity contribution in [3.63, 3.8) is 0 Å². The monoisotopic (exact) mass is 295 g/mol. The molecule has 1 aromatic rings. The van der Waals surface area contributed by atoms with Gasteiger partial charge in [-0.2, -0.15) is 11.3 Å². The van der Waals surface area contributed by atoms with Crippen LogP contribution in [0.25, 0.3) is 0 Å². The number of likely N-dealkylation sites (N-methyl/N-ethyl adjacent to an activating group) is 1. The molecule has 1 N–H and O–H groups in total. The smallest absolute Gasteiger partial charge is 0.0822 e. The van der Waals surface area contributed by atoms with Crippen molar-refractivity contribution in [2.75, 3.05) is 46.3 Å². The first-order valence-corrected chi connectivity index (χ1v) is 8.51. The Morgan fingerprint density at radius 1 is 1.25 bits per heavy atom. The molecule has 3 rings (SSSR count). The molecule has 0 spiro atoms. The molecule has 3 heterocycles. The summed E-state index contributed by atoms with van der Waals surface area (Å²) in [5.41, 5.74) is 1.38. The Balaban J connectivity index is 1.51. The van der Waals surface area contributed by atoms with E-state index in [-0.39, 0.29) is 6.10 Å². The van der Waals surface area contributed by atoms with Gasteiger partial charge in [0.1, 0.15) is 0 Å². The van der Waals surface area contributed by atoms with E-state index in [0.29, 0.717) is 6.04 Å². The van der Waals surface area contributed by atoms with E-state index < -0.39 is 0 Å². The summed E-state index contributed by atoms with van der Waals surface area (Å²) in [6.45, 7) is 7.35. The van der Waals surface area contributed by atoms with Gasteiger partial charge in [-0.1, -0.05) is 0 Å². The van der Waals surface area contributed by atoms with Crippen LogP contribution in [0.1, 0.15) is 12.0 Å². The van der Waals surface area contributed by atoms with E-state index in [1.807, 2.05) is 0 Å². The van der Waals surface area contributed by atoms with E-state index in [1.165, 1.54) is 5.56 Å². The highest BCUT2D eigenvalue weighted by Crippen LogP contribution is 2.20. The molecule has 2 aliphatic rings. The van der Waals surface area contributed by atoms with Crippen molar-refractivity contribution in [2.45, 2.75) is 25.1 Å². The summed E-state index contributed by atoms with van der Waals surface area (Å²) in [5.74, 6) is 0. The van der Waals surface area contributed by atoms with E-state index in [0.717, 1.165) is 52.2 Å². The van der Waals surface area contributed by atoms with Gasteiger partial charge in [0.25, 0.3) is 0 Å². The van der Waals surface area contributed by atoms with Crippen LogP contribution in [0.15, 0.2) is 16.8 Å². The van der Waals surface area contributed by atoms with Crippen molar-refractivity contribution < 1.29 is 5.11 Å². The van der Waals surface area contributed by atoms with Crippen LogP contribution in [-0.2, 0) is 6.54 Å². The minimum absolute atomic E-state index is 0.203. The van der Waals surface area contributed by atoms with Crippen molar-refractivity contribution in [1.82, 2.24) is 14.7 Å². The molecule has 0 amide bonds. The standard InChI is InChI=1S/C15H25N3OS/c1-16-5-7-18(8-6-16)14-2-4-17(11-15(14)19)10-13-3-9-20-12-13/h3,9,12,14-15,19H,2,4-8,10-11H2,1H3/t14-,15-/m1/s1. The molecule has 0 unspecified atom stereocenters. The van der Waals surface area contributed by atoms with Crippen molar-refractivity contribution in [3.05, 3.63) is 22.4 Å². The molecule has 4 nitrogen and oxygen atoms in total. The minimum Gasteiger partial charge on any atom is -0.390 e. The van der Waals surface area contributed by atoms with Gasteiger partial charge in [0.05, 0.1) is 6.10 Å². The average molecular weight is 295 g/mol. The number of aliphatic hydroxyl groups is 1. The fourth-order valence-corrected chi connectivity index (χ4v) is 4.01. The van der Waals surface area contributed by atoms with Crippen molar-refractivity contribution in [3.8, 4) is 0 Å². The minimum atomic E-state index is -0.203. The summed E-state index contributed by atoms with van der Waals surface area (Å²) in [5, 5.41) is 14.8. The van der Waals surface area contributed by atoms with Gasteiger partial charge in [0.15, 0.2) is 0 Å². The molecule has 2 atom stereocenters. The first-order chi connectivity index (χ1) is 9.72. The summed E-state index contributed by atoms with van der Waals surface area (Å²) in [6, 6.07) is 2.55. The molecular formula is C15H25N3OS. The van der Waals surface area contributed by atoms with Gasteiger partial charge in [-0.3, -0.25) is 9.80 Å². The number of nitrogens with zero attached hydrogens (tertiary/aromatic N) is 3. The summed E-state index contributed by atoms with van der Waals surface area (Å²) < 4.78 is 0. The number of piperidine rings is 1. The summed E-state index contributed by atoms with van der Waals surface area (Å²) in [7, 11) is 2.18. The lowest BCUT2D eigenvalue weighted by Crippen LogP contribution is -2.58. The Hall–Kier alpha value is -0.460. The molecule has 2 saturated heterocycles. The first-order valence-electron chi connectivity index (χ1n) is 7.56. The molecule has 0 saturated carbocycles. The number of aliphatic hydroxyl groups excluding tert-OH is 1. The Morgan fingerprint density at radius 3 is 2.70 bits per heavy atom. The quantitative estimate of drug-likeness (QED) is 0.898. The summed E-state index contributed by atoms with van der Waals surface area (Å²) in [4.78, 5) is 7.25. The third-order valence-corrected chi connectivity index (χ3v) is 5.36. The number of thiophene rings is 1. The Kier molecular flexibility index (Phi) is 4.73. The topological polar surface area (TPSA) is 30.0 Å². The fraction of sp³-hybridized carbons (Fsp3) is 0.733. The second-order valence-corrected chi connectivity index (χ2v) is 6.91. The van der Waals surface area contributed by atoms with Gasteiger partial charge in [-0.25, -0.2) is 0 Å². The van der Waals surface area contributed by atoms with Gasteiger partial charge in [0.2, 0.25) is 0 Å². The molecule has 112 valence electrons. The second-order valence-electron chi connectivity index (χ2n) is 6.13. The third kappa shape index (κ3) is 3.40. The lowest BCUT2D eigenvalue weighted by Gasteiger charge is -2.44. The van der Waals surface area contributed by atoms with E-state index in [2.05, 4.69) is 38.6 Å². The molecule has 0 aromatic carbocycles. The SMILES string of the molecule is CN1CCN([C@@H]2CCN(Cc3ccsc3)C[C@H]2O)CC1. The second kappa shape index (κ2) is 6.54. The number of rotatable bonds is 3. The van der Waals surface area contributed by atoms with Gasteiger partial charge in [0, 0.05) is 51.9 Å². The lowest BCUT2D eigenvalue weighted by molar-refractivity contribution is -0.0285. The van der Waals surface area contributed by atoms with Crippen LogP contribution in [0.3, 0.4) is 0 Å². The molecular weight excluding hydrogens is 270 g/mol. The number of hydrogen-bond donors (Lipinski definition) is 1. The van der Waals surface area contributed by atoms with Crippen molar-refractivity contribution >= 4 is 11.3 Å². The van der Waals surface area contributed by atoms with Gasteiger partial charge >= 0.3 is 0 Å². The normalized spacial score (nSPS) is 30.7. The molecule has 0 radical (unpaired) electrons. The lowest BCUT2D eigenvalue weighted by atomic mass is 9.99. The third-order valence-electron chi connectivity index (χ3n) is 4.62. The van der Waals surface area contributed by atoms with Gasteiger partial charge in [-0.15, -0.1) is 0 Å². The highest BCUT2D eigenvalue weighted by Gasteiger charge is 2.33. The van der Waals surface area contributed by atoms with E-state index in [4.69, 9.17) is 0 Å². The zero-order valence-electron chi connectivity index (χ0n) is 12.2. The maximum absolute atomic E-state index is 10.5. The number of likely N-dealkylation sites (tertiary alicyclic amines) is 1. The van der Waals surface area contributed by atoms with Crippen LogP contribution in [0.5, 0.6) is 0 Å². The average Bonchev–Trinajstić information content (AvgIpc) is 2.93. The molecule has 2 aliphatic heterocycles. The molecule has 5 heteroatoms. The van der Waals surface area contributed by atoms with Crippen LogP contribution < -0.4 is 0 Å². The largest absolute Gasteiger partial charge is 0.390 e. The highest BCUT2D eigenvalue weighted by atomic mass is 32.1. The van der Waals surface area contributed by atoms with Gasteiger partial charge in [-0.05, 0) is 35.9 Å². The number of β-amino-alcohol motifs (C(OH)–C–C–N with tert-alkyl or cyclic N) is 1. The fourth-order valence-electron chi connectivity index (χ4n) is 3.35. The van der Waals surface area contributed by atoms with Crippen LogP contribution >= 0.6 is 11.3 Å². The van der Waals surface area contributed by atoms with Gasteiger partial charge < -0.3 is 10.0 Å².